The number of fused-ring (bicyclic) bond motifs is 1. The molecule has 0 spiro atoms. The average Bonchev–Trinajstić information content (AvgIpc) is 2.58. The molecule has 0 saturated heterocycles. The Morgan fingerprint density at radius 3 is 2.78 bits per heavy atom. The van der Waals surface area contributed by atoms with E-state index in [9.17, 15) is 4.79 Å². The highest BCUT2D eigenvalue weighted by molar-refractivity contribution is 5.62. The molecule has 0 saturated carbocycles. The van der Waals surface area contributed by atoms with Gasteiger partial charge < -0.3 is 14.4 Å². The molecule has 0 radical (unpaired) electrons. The van der Waals surface area contributed by atoms with Gasteiger partial charge in [0.1, 0.15) is 12.0 Å². The molecular formula is C20H23NO2. The van der Waals surface area contributed by atoms with Crippen LogP contribution in [0, 0.1) is 0 Å². The van der Waals surface area contributed by atoms with Gasteiger partial charge in [-0.05, 0) is 48.6 Å². The fourth-order valence-corrected chi connectivity index (χ4v) is 3.32. The lowest BCUT2D eigenvalue weighted by Crippen LogP contribution is -2.30. The highest BCUT2D eigenvalue weighted by Crippen LogP contribution is 2.39. The monoisotopic (exact) mass is 309 g/mol. The van der Waals surface area contributed by atoms with Crippen LogP contribution in [0.15, 0.2) is 48.5 Å². The van der Waals surface area contributed by atoms with E-state index in [0.717, 1.165) is 31.5 Å². The Morgan fingerprint density at radius 2 is 2.04 bits per heavy atom. The number of hydrogen-bond acceptors (Lipinski definition) is 3. The lowest BCUT2D eigenvalue weighted by atomic mass is 9.87. The third-order valence-corrected chi connectivity index (χ3v) is 4.43. The summed E-state index contributed by atoms with van der Waals surface area (Å²) in [6, 6.07) is 16.8. The molecule has 0 aromatic heterocycles. The van der Waals surface area contributed by atoms with Gasteiger partial charge in [0.15, 0.2) is 0 Å². The van der Waals surface area contributed by atoms with Crippen LogP contribution in [0.3, 0.4) is 0 Å². The molecule has 1 aliphatic rings. The highest BCUT2D eigenvalue weighted by Gasteiger charge is 2.25. The predicted molar refractivity (Wildman–Crippen MR) is 93.1 cm³/mol. The van der Waals surface area contributed by atoms with Crippen LogP contribution < -0.4 is 9.64 Å². The van der Waals surface area contributed by atoms with Gasteiger partial charge in [-0.25, -0.2) is 0 Å². The first-order chi connectivity index (χ1) is 11.3. The molecule has 3 rings (SSSR count). The van der Waals surface area contributed by atoms with Crippen molar-refractivity contribution in [3.05, 3.63) is 59.7 Å². The number of ether oxygens (including phenoxy) is 1. The van der Waals surface area contributed by atoms with Gasteiger partial charge in [-0.15, -0.1) is 0 Å². The lowest BCUT2D eigenvalue weighted by molar-refractivity contribution is -0.108. The molecule has 23 heavy (non-hydrogen) atoms. The van der Waals surface area contributed by atoms with Crippen LogP contribution in [-0.2, 0) is 11.3 Å². The number of carbonyl (C=O) groups excluding carboxylic acids is 1. The zero-order valence-electron chi connectivity index (χ0n) is 13.6. The maximum absolute atomic E-state index is 11.0. The van der Waals surface area contributed by atoms with E-state index < -0.39 is 0 Å². The molecule has 2 aromatic carbocycles. The fraction of sp³-hybridized carbons (Fsp3) is 0.350. The summed E-state index contributed by atoms with van der Waals surface area (Å²) in [7, 11) is 0. The summed E-state index contributed by atoms with van der Waals surface area (Å²) in [5.74, 6) is 1.19. The van der Waals surface area contributed by atoms with Gasteiger partial charge in [-0.2, -0.15) is 0 Å². The Labute approximate surface area is 137 Å². The summed E-state index contributed by atoms with van der Waals surface area (Å²) in [6.45, 7) is 4.53. The molecule has 0 bridgehead atoms. The molecule has 0 amide bonds. The Balaban J connectivity index is 1.90. The highest BCUT2D eigenvalue weighted by atomic mass is 16.5. The van der Waals surface area contributed by atoms with Crippen molar-refractivity contribution in [2.24, 2.45) is 0 Å². The molecule has 3 heteroatoms. The van der Waals surface area contributed by atoms with Crippen LogP contribution in [0.4, 0.5) is 5.69 Å². The second-order valence-corrected chi connectivity index (χ2v) is 5.95. The number of rotatable bonds is 6. The number of benzene rings is 2. The van der Waals surface area contributed by atoms with E-state index in [1.54, 1.807) is 0 Å². The number of aldehydes is 1. The van der Waals surface area contributed by atoms with E-state index in [2.05, 4.69) is 41.3 Å². The maximum Gasteiger partial charge on any atom is 0.120 e. The molecule has 0 aliphatic carbocycles. The zero-order chi connectivity index (χ0) is 16.1. The third-order valence-electron chi connectivity index (χ3n) is 4.43. The first-order valence-corrected chi connectivity index (χ1v) is 8.31. The average molecular weight is 309 g/mol. The molecule has 1 atom stereocenters. The second-order valence-electron chi connectivity index (χ2n) is 5.95. The molecule has 0 fully saturated rings. The van der Waals surface area contributed by atoms with E-state index in [1.165, 1.54) is 16.8 Å². The summed E-state index contributed by atoms with van der Waals surface area (Å²) in [6.07, 6.45) is 2.63. The van der Waals surface area contributed by atoms with Gasteiger partial charge in [0.2, 0.25) is 0 Å². The van der Waals surface area contributed by atoms with Crippen molar-refractivity contribution < 1.29 is 9.53 Å². The van der Waals surface area contributed by atoms with E-state index in [0.29, 0.717) is 18.9 Å². The molecule has 1 heterocycles. The van der Waals surface area contributed by atoms with Crippen molar-refractivity contribution in [1.29, 1.82) is 0 Å². The smallest absolute Gasteiger partial charge is 0.120 e. The van der Waals surface area contributed by atoms with Gasteiger partial charge in [0.25, 0.3) is 0 Å². The van der Waals surface area contributed by atoms with Crippen molar-refractivity contribution in [2.75, 3.05) is 18.1 Å². The standard InChI is InChI=1S/C20H23NO2/c1-2-23-18-8-9-20-19(14-18)17(11-13-22)10-12-21(20)15-16-6-4-3-5-7-16/h3-9,13-14,17H,2,10-12,15H2,1H3/t17-/m1/s1. The van der Waals surface area contributed by atoms with E-state index in [1.807, 2.05) is 19.1 Å². The fourth-order valence-electron chi connectivity index (χ4n) is 3.32. The van der Waals surface area contributed by atoms with Gasteiger partial charge in [0.05, 0.1) is 6.61 Å². The van der Waals surface area contributed by atoms with Crippen molar-refractivity contribution >= 4 is 12.0 Å². The Hall–Kier alpha value is -2.29. The molecule has 120 valence electrons. The largest absolute Gasteiger partial charge is 0.494 e. The second kappa shape index (κ2) is 7.32. The van der Waals surface area contributed by atoms with Crippen LogP contribution in [0.2, 0.25) is 0 Å². The summed E-state index contributed by atoms with van der Waals surface area (Å²) in [5, 5.41) is 0. The van der Waals surface area contributed by atoms with Crippen molar-refractivity contribution in [3.8, 4) is 5.75 Å². The predicted octanol–water partition coefficient (Wildman–Crippen LogP) is 4.17. The van der Waals surface area contributed by atoms with E-state index in [4.69, 9.17) is 4.74 Å². The quantitative estimate of drug-likeness (QED) is 0.750. The normalized spacial score (nSPS) is 16.7. The van der Waals surface area contributed by atoms with Crippen LogP contribution in [0.1, 0.15) is 36.8 Å². The van der Waals surface area contributed by atoms with Gasteiger partial charge in [-0.3, -0.25) is 0 Å². The van der Waals surface area contributed by atoms with Crippen LogP contribution in [-0.4, -0.2) is 19.4 Å². The first kappa shape index (κ1) is 15.6. The summed E-state index contributed by atoms with van der Waals surface area (Å²) in [5.41, 5.74) is 3.78. The molecule has 0 unspecified atom stereocenters. The van der Waals surface area contributed by atoms with Crippen LogP contribution in [0.5, 0.6) is 5.75 Å². The minimum Gasteiger partial charge on any atom is -0.494 e. The Kier molecular flexibility index (Phi) is 4.96. The van der Waals surface area contributed by atoms with Crippen molar-refractivity contribution in [2.45, 2.75) is 32.2 Å². The lowest BCUT2D eigenvalue weighted by Gasteiger charge is -2.35. The minimum atomic E-state index is 0.301. The third kappa shape index (κ3) is 3.55. The van der Waals surface area contributed by atoms with Crippen molar-refractivity contribution in [3.63, 3.8) is 0 Å². The zero-order valence-corrected chi connectivity index (χ0v) is 13.6. The molecule has 3 nitrogen and oxygen atoms in total. The molecular weight excluding hydrogens is 286 g/mol. The van der Waals surface area contributed by atoms with Gasteiger partial charge >= 0.3 is 0 Å². The van der Waals surface area contributed by atoms with Gasteiger partial charge in [-0.1, -0.05) is 30.3 Å². The van der Waals surface area contributed by atoms with Gasteiger partial charge in [0, 0.05) is 25.2 Å². The topological polar surface area (TPSA) is 29.5 Å². The number of hydrogen-bond donors (Lipinski definition) is 0. The van der Waals surface area contributed by atoms with E-state index >= 15 is 0 Å². The van der Waals surface area contributed by atoms with Crippen LogP contribution >= 0.6 is 0 Å². The first-order valence-electron chi connectivity index (χ1n) is 8.31. The SMILES string of the molecule is CCOc1ccc2c(c1)[C@@H](CC=O)CCN2Cc1ccccc1. The number of carbonyl (C=O) groups is 1. The molecule has 1 aliphatic heterocycles. The molecule has 0 N–H and O–H groups in total. The Bertz CT molecular complexity index is 654. The number of anilines is 1. The summed E-state index contributed by atoms with van der Waals surface area (Å²) < 4.78 is 5.65. The minimum absolute atomic E-state index is 0.301. The molecule has 2 aromatic rings. The van der Waals surface area contributed by atoms with Crippen molar-refractivity contribution in [1.82, 2.24) is 0 Å². The Morgan fingerprint density at radius 1 is 1.22 bits per heavy atom. The maximum atomic E-state index is 11.0. The number of nitrogens with zero attached hydrogens (tertiary/aromatic N) is 1. The van der Waals surface area contributed by atoms with Crippen LogP contribution in [0.25, 0.3) is 0 Å². The summed E-state index contributed by atoms with van der Waals surface area (Å²) >= 11 is 0. The summed E-state index contributed by atoms with van der Waals surface area (Å²) in [4.78, 5) is 13.4. The van der Waals surface area contributed by atoms with E-state index in [-0.39, 0.29) is 0 Å².